The third kappa shape index (κ3) is 2.91. The zero-order valence-corrected chi connectivity index (χ0v) is 14.4. The third-order valence-electron chi connectivity index (χ3n) is 5.13. The van der Waals surface area contributed by atoms with E-state index in [2.05, 4.69) is 17.2 Å². The van der Waals surface area contributed by atoms with E-state index in [4.69, 9.17) is 14.7 Å². The van der Waals surface area contributed by atoms with Gasteiger partial charge in [0.15, 0.2) is 17.2 Å². The molecule has 0 bridgehead atoms. The van der Waals surface area contributed by atoms with Gasteiger partial charge in [0.2, 0.25) is 0 Å². The number of allylic oxidation sites excluding steroid dienone is 1. The van der Waals surface area contributed by atoms with Crippen LogP contribution in [0.15, 0.2) is 39.3 Å². The van der Waals surface area contributed by atoms with E-state index in [-0.39, 0.29) is 5.75 Å². The Morgan fingerprint density at radius 2 is 2.04 bits per heavy atom. The molecule has 0 amide bonds. The van der Waals surface area contributed by atoms with Gasteiger partial charge in [-0.1, -0.05) is 0 Å². The van der Waals surface area contributed by atoms with Crippen LogP contribution in [0.25, 0.3) is 5.70 Å². The van der Waals surface area contributed by atoms with E-state index in [0.717, 1.165) is 37.4 Å². The Hall–Kier alpha value is -2.34. The van der Waals surface area contributed by atoms with Crippen molar-refractivity contribution in [3.8, 4) is 5.75 Å². The van der Waals surface area contributed by atoms with E-state index in [1.807, 2.05) is 12.3 Å². The zero-order chi connectivity index (χ0) is 17.4. The minimum atomic E-state index is -0.437. The average Bonchev–Trinajstić information content (AvgIpc) is 3.05. The van der Waals surface area contributed by atoms with Crippen LogP contribution >= 0.6 is 0 Å². The van der Waals surface area contributed by atoms with Gasteiger partial charge in [0.05, 0.1) is 24.7 Å². The zero-order valence-electron chi connectivity index (χ0n) is 14.4. The van der Waals surface area contributed by atoms with Crippen LogP contribution < -0.4 is 10.1 Å². The molecule has 5 nitrogen and oxygen atoms in total. The quantitative estimate of drug-likeness (QED) is 0.920. The number of piperidine rings is 1. The van der Waals surface area contributed by atoms with E-state index in [0.29, 0.717) is 17.2 Å². The molecule has 1 fully saturated rings. The van der Waals surface area contributed by atoms with Crippen LogP contribution in [0.4, 0.5) is 4.39 Å². The predicted octanol–water partition coefficient (Wildman–Crippen LogP) is 2.87. The van der Waals surface area contributed by atoms with Crippen molar-refractivity contribution in [3.63, 3.8) is 0 Å². The van der Waals surface area contributed by atoms with Crippen LogP contribution in [0, 0.1) is 11.7 Å². The molecule has 3 heterocycles. The number of rotatable bonds is 3. The molecule has 6 heteroatoms. The molecule has 3 aliphatic heterocycles. The molecule has 0 aromatic heterocycles. The highest BCUT2D eigenvalue weighted by atomic mass is 19.1. The maximum absolute atomic E-state index is 14.0. The Morgan fingerprint density at radius 1 is 1.24 bits per heavy atom. The summed E-state index contributed by atoms with van der Waals surface area (Å²) in [4.78, 5) is 14.2. The number of halogens is 1. The topological polar surface area (TPSA) is 58.3 Å². The largest absolute Gasteiger partial charge is 0.494 e. The van der Waals surface area contributed by atoms with Gasteiger partial charge in [0.25, 0.3) is 0 Å². The van der Waals surface area contributed by atoms with Gasteiger partial charge in [0.1, 0.15) is 5.71 Å². The maximum atomic E-state index is 14.0. The first-order valence-corrected chi connectivity index (χ1v) is 8.59. The van der Waals surface area contributed by atoms with E-state index >= 15 is 0 Å². The lowest BCUT2D eigenvalue weighted by Gasteiger charge is -2.35. The van der Waals surface area contributed by atoms with E-state index < -0.39 is 11.5 Å². The molecule has 0 spiro atoms. The average molecular weight is 340 g/mol. The summed E-state index contributed by atoms with van der Waals surface area (Å²) in [6.07, 6.45) is 5.86. The van der Waals surface area contributed by atoms with Crippen LogP contribution in [0.2, 0.25) is 0 Å². The fraction of sp³-hybridized carbons (Fsp3) is 0.421. The minimum absolute atomic E-state index is 0.227. The second-order valence-electron chi connectivity index (χ2n) is 6.75. The predicted molar refractivity (Wildman–Crippen MR) is 98.3 cm³/mol. The summed E-state index contributed by atoms with van der Waals surface area (Å²) >= 11 is 0. The molecule has 3 aliphatic rings. The molecule has 4 rings (SSSR count). The smallest absolute Gasteiger partial charge is 0.165 e. The molecular formula is C19H21FN4O. The highest BCUT2D eigenvalue weighted by molar-refractivity contribution is 6.68. The number of hydrogen-bond acceptors (Lipinski definition) is 5. The number of aliphatic imine (C=N–C) groups is 3. The van der Waals surface area contributed by atoms with Crippen molar-refractivity contribution < 1.29 is 9.13 Å². The Balaban J connectivity index is 1.64. The first-order chi connectivity index (χ1) is 12.1. The number of benzene rings is 1. The maximum Gasteiger partial charge on any atom is 0.165 e. The van der Waals surface area contributed by atoms with Gasteiger partial charge >= 0.3 is 0 Å². The highest BCUT2D eigenvalue weighted by Gasteiger charge is 2.37. The SMILES string of the molecule is COc1ccc(C2=CC3=NC(C)(C4CCNCC4)N=CC3=N2)cc1F. The Labute approximate surface area is 146 Å². The Morgan fingerprint density at radius 3 is 2.76 bits per heavy atom. The van der Waals surface area contributed by atoms with Gasteiger partial charge in [-0.15, -0.1) is 0 Å². The van der Waals surface area contributed by atoms with Crippen molar-refractivity contribution in [1.29, 1.82) is 0 Å². The van der Waals surface area contributed by atoms with Gasteiger partial charge in [-0.25, -0.2) is 9.38 Å². The molecular weight excluding hydrogens is 319 g/mol. The van der Waals surface area contributed by atoms with Crippen LogP contribution in [-0.2, 0) is 0 Å². The second kappa shape index (κ2) is 6.19. The lowest BCUT2D eigenvalue weighted by atomic mass is 9.85. The highest BCUT2D eigenvalue weighted by Crippen LogP contribution is 2.34. The molecule has 0 aliphatic carbocycles. The van der Waals surface area contributed by atoms with E-state index in [1.54, 1.807) is 12.1 Å². The summed E-state index contributed by atoms with van der Waals surface area (Å²) in [6.45, 7) is 4.10. The first-order valence-electron chi connectivity index (χ1n) is 8.59. The summed E-state index contributed by atoms with van der Waals surface area (Å²) in [5.41, 5.74) is 2.56. The Kier molecular flexibility index (Phi) is 4.00. The van der Waals surface area contributed by atoms with Crippen LogP contribution in [0.1, 0.15) is 25.3 Å². The molecule has 1 atom stereocenters. The molecule has 130 valence electrons. The minimum Gasteiger partial charge on any atom is -0.494 e. The number of nitrogens with one attached hydrogen (secondary N) is 1. The first kappa shape index (κ1) is 16.1. The summed E-state index contributed by atoms with van der Waals surface area (Å²) in [7, 11) is 1.45. The number of ether oxygens (including phenoxy) is 1. The molecule has 1 aromatic carbocycles. The van der Waals surface area contributed by atoms with Gasteiger partial charge in [-0.2, -0.15) is 0 Å². The monoisotopic (exact) mass is 340 g/mol. The summed E-state index contributed by atoms with van der Waals surface area (Å²) in [6, 6.07) is 4.86. The van der Waals surface area contributed by atoms with E-state index in [9.17, 15) is 4.39 Å². The molecule has 1 unspecified atom stereocenters. The summed E-state index contributed by atoms with van der Waals surface area (Å²) < 4.78 is 18.9. The fourth-order valence-electron chi connectivity index (χ4n) is 3.61. The van der Waals surface area contributed by atoms with Crippen molar-refractivity contribution in [2.45, 2.75) is 25.4 Å². The molecule has 25 heavy (non-hydrogen) atoms. The number of hydrogen-bond donors (Lipinski definition) is 1. The van der Waals surface area contributed by atoms with Crippen molar-refractivity contribution in [1.82, 2.24) is 5.32 Å². The molecule has 1 aromatic rings. The number of fused-ring (bicyclic) bond motifs is 1. The molecule has 0 radical (unpaired) electrons. The Bertz CT molecular complexity index is 821. The molecule has 0 saturated carbocycles. The van der Waals surface area contributed by atoms with Gasteiger partial charge < -0.3 is 10.1 Å². The van der Waals surface area contributed by atoms with Crippen molar-refractivity contribution in [3.05, 3.63) is 35.7 Å². The molecule has 1 saturated heterocycles. The van der Waals surface area contributed by atoms with Crippen LogP contribution in [0.5, 0.6) is 5.75 Å². The molecule has 1 N–H and O–H groups in total. The third-order valence-corrected chi connectivity index (χ3v) is 5.13. The number of nitrogens with zero attached hydrogens (tertiary/aromatic N) is 3. The van der Waals surface area contributed by atoms with Gasteiger partial charge in [0, 0.05) is 11.5 Å². The fourth-order valence-corrected chi connectivity index (χ4v) is 3.61. The van der Waals surface area contributed by atoms with Crippen LogP contribution in [-0.4, -0.2) is 43.5 Å². The standard InChI is InChI=1S/C19H21FN4O/c1-19(13-5-7-21-8-6-13)22-11-17-16(24-19)10-15(23-17)12-3-4-18(25-2)14(20)9-12/h3-4,9-11,13,21H,5-8H2,1-2H3. The van der Waals surface area contributed by atoms with Crippen molar-refractivity contribution in [2.75, 3.05) is 20.2 Å². The summed E-state index contributed by atoms with van der Waals surface area (Å²) in [5, 5.41) is 3.38. The lowest BCUT2D eigenvalue weighted by Crippen LogP contribution is -2.42. The van der Waals surface area contributed by atoms with Gasteiger partial charge in [-0.3, -0.25) is 9.98 Å². The van der Waals surface area contributed by atoms with Crippen molar-refractivity contribution >= 4 is 23.3 Å². The lowest BCUT2D eigenvalue weighted by molar-refractivity contribution is 0.244. The number of methoxy groups -OCH3 is 1. The van der Waals surface area contributed by atoms with E-state index in [1.165, 1.54) is 13.2 Å². The van der Waals surface area contributed by atoms with Crippen molar-refractivity contribution in [2.24, 2.45) is 20.9 Å². The normalized spacial score (nSPS) is 26.0. The van der Waals surface area contributed by atoms with Crippen LogP contribution in [0.3, 0.4) is 0 Å². The second-order valence-corrected chi connectivity index (χ2v) is 6.75. The summed E-state index contributed by atoms with van der Waals surface area (Å²) in [5.74, 6) is 0.255. The van der Waals surface area contributed by atoms with Gasteiger partial charge in [-0.05, 0) is 57.1 Å².